The van der Waals surface area contributed by atoms with Crippen molar-refractivity contribution in [2.75, 3.05) is 5.32 Å². The number of rotatable bonds is 3. The molecular weight excluding hydrogens is 214 g/mol. The Morgan fingerprint density at radius 2 is 1.76 bits per heavy atom. The van der Waals surface area contributed by atoms with E-state index in [1.165, 1.54) is 0 Å². The number of hydrogen-bond acceptors (Lipinski definition) is 2. The number of aryl methyl sites for hydroxylation is 1. The third kappa shape index (κ3) is 4.02. The van der Waals surface area contributed by atoms with E-state index in [4.69, 9.17) is 0 Å². The van der Waals surface area contributed by atoms with E-state index in [2.05, 4.69) is 5.32 Å². The topological polar surface area (TPSA) is 46.2 Å². The highest BCUT2D eigenvalue weighted by atomic mass is 16.2. The van der Waals surface area contributed by atoms with Crippen LogP contribution in [0.1, 0.15) is 32.8 Å². The molecule has 0 heterocycles. The van der Waals surface area contributed by atoms with Gasteiger partial charge in [0.15, 0.2) is 0 Å². The molecule has 0 saturated carbocycles. The van der Waals surface area contributed by atoms with Gasteiger partial charge in [-0.25, -0.2) is 0 Å². The lowest BCUT2D eigenvalue weighted by molar-refractivity contribution is -0.130. The predicted molar refractivity (Wildman–Crippen MR) is 68.9 cm³/mol. The first-order chi connectivity index (χ1) is 7.80. The SMILES string of the molecule is Cc1ccccc1NC(=O)CC(=O)C(C)(C)C. The van der Waals surface area contributed by atoms with Crippen LogP contribution in [0.25, 0.3) is 0 Å². The van der Waals surface area contributed by atoms with Gasteiger partial charge in [-0.05, 0) is 18.6 Å². The molecule has 0 spiro atoms. The molecule has 1 rings (SSSR count). The number of carbonyl (C=O) groups is 2. The van der Waals surface area contributed by atoms with Crippen molar-refractivity contribution in [1.29, 1.82) is 0 Å². The smallest absolute Gasteiger partial charge is 0.231 e. The first kappa shape index (κ1) is 13.4. The van der Waals surface area contributed by atoms with Crippen molar-refractivity contribution in [3.8, 4) is 0 Å². The Morgan fingerprint density at radius 3 is 2.29 bits per heavy atom. The molecular formula is C14H19NO2. The molecule has 0 aromatic heterocycles. The van der Waals surface area contributed by atoms with Crippen molar-refractivity contribution in [3.63, 3.8) is 0 Å². The van der Waals surface area contributed by atoms with Gasteiger partial charge in [0, 0.05) is 11.1 Å². The number of anilines is 1. The second kappa shape index (κ2) is 5.13. The highest BCUT2D eigenvalue weighted by Crippen LogP contribution is 2.18. The molecule has 3 heteroatoms. The molecule has 92 valence electrons. The summed E-state index contributed by atoms with van der Waals surface area (Å²) in [6, 6.07) is 7.51. The molecule has 0 atom stereocenters. The zero-order chi connectivity index (χ0) is 13.1. The number of ketones is 1. The molecule has 1 amide bonds. The molecule has 0 aliphatic carbocycles. The fourth-order valence-electron chi connectivity index (χ4n) is 1.32. The van der Waals surface area contributed by atoms with Gasteiger partial charge in [0.1, 0.15) is 5.78 Å². The third-order valence-electron chi connectivity index (χ3n) is 2.58. The number of benzene rings is 1. The van der Waals surface area contributed by atoms with Crippen LogP contribution in [0.15, 0.2) is 24.3 Å². The zero-order valence-electron chi connectivity index (χ0n) is 10.8. The maximum Gasteiger partial charge on any atom is 0.231 e. The van der Waals surface area contributed by atoms with Gasteiger partial charge in [-0.1, -0.05) is 39.0 Å². The molecule has 0 saturated heterocycles. The van der Waals surface area contributed by atoms with Crippen LogP contribution in [0, 0.1) is 12.3 Å². The Kier molecular flexibility index (Phi) is 4.05. The maximum atomic E-state index is 11.7. The summed E-state index contributed by atoms with van der Waals surface area (Å²) in [5.74, 6) is -0.303. The van der Waals surface area contributed by atoms with Crippen molar-refractivity contribution >= 4 is 17.4 Å². The van der Waals surface area contributed by atoms with Gasteiger partial charge in [0.2, 0.25) is 5.91 Å². The zero-order valence-corrected chi connectivity index (χ0v) is 10.8. The molecule has 0 bridgehead atoms. The predicted octanol–water partition coefficient (Wildman–Crippen LogP) is 2.94. The minimum Gasteiger partial charge on any atom is -0.325 e. The van der Waals surface area contributed by atoms with Gasteiger partial charge in [-0.3, -0.25) is 9.59 Å². The lowest BCUT2D eigenvalue weighted by Gasteiger charge is -2.16. The molecule has 1 N–H and O–H groups in total. The monoisotopic (exact) mass is 233 g/mol. The average molecular weight is 233 g/mol. The van der Waals surface area contributed by atoms with E-state index in [1.54, 1.807) is 0 Å². The molecule has 0 aliphatic heterocycles. The van der Waals surface area contributed by atoms with Crippen LogP contribution < -0.4 is 5.32 Å². The van der Waals surface area contributed by atoms with Crippen molar-refractivity contribution in [2.24, 2.45) is 5.41 Å². The Balaban J connectivity index is 2.63. The number of amides is 1. The van der Waals surface area contributed by atoms with Crippen molar-refractivity contribution in [2.45, 2.75) is 34.1 Å². The first-order valence-electron chi connectivity index (χ1n) is 5.69. The molecule has 0 aliphatic rings. The van der Waals surface area contributed by atoms with Gasteiger partial charge in [0.25, 0.3) is 0 Å². The summed E-state index contributed by atoms with van der Waals surface area (Å²) in [7, 11) is 0. The summed E-state index contributed by atoms with van der Waals surface area (Å²) in [5, 5.41) is 2.75. The highest BCUT2D eigenvalue weighted by molar-refractivity contribution is 6.06. The Hall–Kier alpha value is -1.64. The number of carbonyl (C=O) groups excluding carboxylic acids is 2. The second-order valence-corrected chi connectivity index (χ2v) is 5.21. The van der Waals surface area contributed by atoms with Crippen molar-refractivity contribution < 1.29 is 9.59 Å². The summed E-state index contributed by atoms with van der Waals surface area (Å²) in [5.41, 5.74) is 1.28. The number of hydrogen-bond donors (Lipinski definition) is 1. The summed E-state index contributed by atoms with van der Waals surface area (Å²) in [6.45, 7) is 7.37. The van der Waals surface area contributed by atoms with Crippen LogP contribution in [0.4, 0.5) is 5.69 Å². The molecule has 1 aromatic rings. The van der Waals surface area contributed by atoms with Crippen molar-refractivity contribution in [3.05, 3.63) is 29.8 Å². The van der Waals surface area contributed by atoms with Crippen LogP contribution in [0.3, 0.4) is 0 Å². The first-order valence-corrected chi connectivity index (χ1v) is 5.69. The van der Waals surface area contributed by atoms with E-state index in [0.29, 0.717) is 0 Å². The van der Waals surface area contributed by atoms with E-state index < -0.39 is 5.41 Å². The Labute approximate surface area is 102 Å². The lowest BCUT2D eigenvalue weighted by atomic mass is 9.89. The van der Waals surface area contributed by atoms with E-state index in [1.807, 2.05) is 52.0 Å². The minimum atomic E-state index is -0.469. The van der Waals surface area contributed by atoms with Gasteiger partial charge in [-0.15, -0.1) is 0 Å². The van der Waals surface area contributed by atoms with Crippen LogP contribution in [0.5, 0.6) is 0 Å². The van der Waals surface area contributed by atoms with Gasteiger partial charge in [0.05, 0.1) is 6.42 Å². The number of nitrogens with one attached hydrogen (secondary N) is 1. The highest BCUT2D eigenvalue weighted by Gasteiger charge is 2.23. The molecule has 1 aromatic carbocycles. The molecule has 0 fully saturated rings. The average Bonchev–Trinajstić information content (AvgIpc) is 2.20. The number of para-hydroxylation sites is 1. The van der Waals surface area contributed by atoms with E-state index >= 15 is 0 Å². The van der Waals surface area contributed by atoms with Crippen molar-refractivity contribution in [1.82, 2.24) is 0 Å². The quantitative estimate of drug-likeness (QED) is 0.816. The van der Waals surface area contributed by atoms with Gasteiger partial charge < -0.3 is 5.32 Å². The largest absolute Gasteiger partial charge is 0.325 e. The summed E-state index contributed by atoms with van der Waals surface area (Å²) in [6.07, 6.45) is -0.0716. The van der Waals surface area contributed by atoms with Crippen LogP contribution in [0.2, 0.25) is 0 Å². The van der Waals surface area contributed by atoms with Crippen LogP contribution in [-0.2, 0) is 9.59 Å². The number of Topliss-reactive ketones (excluding diaryl/α,β-unsaturated/α-hetero) is 1. The molecule has 0 radical (unpaired) electrons. The molecule has 0 unspecified atom stereocenters. The summed E-state index contributed by atoms with van der Waals surface area (Å²) in [4.78, 5) is 23.4. The summed E-state index contributed by atoms with van der Waals surface area (Å²) >= 11 is 0. The fraction of sp³-hybridized carbons (Fsp3) is 0.429. The van der Waals surface area contributed by atoms with E-state index in [0.717, 1.165) is 11.3 Å². The van der Waals surface area contributed by atoms with Crippen LogP contribution >= 0.6 is 0 Å². The van der Waals surface area contributed by atoms with Gasteiger partial charge in [-0.2, -0.15) is 0 Å². The second-order valence-electron chi connectivity index (χ2n) is 5.21. The Morgan fingerprint density at radius 1 is 1.18 bits per heavy atom. The Bertz CT molecular complexity index is 430. The lowest BCUT2D eigenvalue weighted by Crippen LogP contribution is -2.26. The van der Waals surface area contributed by atoms with E-state index in [9.17, 15) is 9.59 Å². The fourth-order valence-corrected chi connectivity index (χ4v) is 1.32. The minimum absolute atomic E-state index is 0.0522. The molecule has 17 heavy (non-hydrogen) atoms. The molecule has 3 nitrogen and oxygen atoms in total. The third-order valence-corrected chi connectivity index (χ3v) is 2.58. The summed E-state index contributed by atoms with van der Waals surface area (Å²) < 4.78 is 0. The van der Waals surface area contributed by atoms with Gasteiger partial charge >= 0.3 is 0 Å². The van der Waals surface area contributed by atoms with Crippen LogP contribution in [-0.4, -0.2) is 11.7 Å². The maximum absolute atomic E-state index is 11.7. The standard InChI is InChI=1S/C14H19NO2/c1-10-7-5-6-8-11(10)15-13(17)9-12(16)14(2,3)4/h5-8H,9H2,1-4H3,(H,15,17). The normalized spacial score (nSPS) is 11.1. The van der Waals surface area contributed by atoms with E-state index in [-0.39, 0.29) is 18.1 Å².